The van der Waals surface area contributed by atoms with E-state index in [1.54, 1.807) is 43.5 Å². The van der Waals surface area contributed by atoms with Crippen LogP contribution in [0, 0.1) is 0 Å². The molecule has 2 aromatic carbocycles. The van der Waals surface area contributed by atoms with E-state index in [0.29, 0.717) is 28.0 Å². The zero-order valence-corrected chi connectivity index (χ0v) is 17.6. The Morgan fingerprint density at radius 2 is 1.80 bits per heavy atom. The van der Waals surface area contributed by atoms with E-state index in [1.807, 2.05) is 12.1 Å². The Balaban J connectivity index is 1.40. The fraction of sp³-hybridized carbons (Fsp3) is 0.200. The van der Waals surface area contributed by atoms with E-state index < -0.39 is 0 Å². The molecule has 0 aliphatic carbocycles. The number of carbonyl (C=O) groups excluding carboxylic acids is 2. The predicted molar refractivity (Wildman–Crippen MR) is 114 cm³/mol. The quantitative estimate of drug-likeness (QED) is 0.523. The van der Waals surface area contributed by atoms with Crippen molar-refractivity contribution in [2.75, 3.05) is 19.0 Å². The molecule has 1 aromatic heterocycles. The van der Waals surface area contributed by atoms with Crippen LogP contribution in [-0.4, -0.2) is 35.7 Å². The first-order valence-corrected chi connectivity index (χ1v) is 10.1. The number of benzene rings is 2. The molecule has 0 unspecified atom stereocenters. The molecule has 0 spiro atoms. The van der Waals surface area contributed by atoms with Gasteiger partial charge in [-0.05, 0) is 42.0 Å². The van der Waals surface area contributed by atoms with Crippen LogP contribution < -0.4 is 15.4 Å². The molecule has 0 fully saturated rings. The van der Waals surface area contributed by atoms with Crippen LogP contribution in [0.3, 0.4) is 0 Å². The maximum atomic E-state index is 12.3. The van der Waals surface area contributed by atoms with E-state index in [4.69, 9.17) is 21.1 Å². The van der Waals surface area contributed by atoms with Gasteiger partial charge in [-0.25, -0.2) is 0 Å². The lowest BCUT2D eigenvalue weighted by molar-refractivity contribution is -0.126. The number of anilines is 1. The smallest absolute Gasteiger partial charge is 0.286 e. The highest BCUT2D eigenvalue weighted by molar-refractivity contribution is 7.13. The molecule has 10 heteroatoms. The fourth-order valence-electron chi connectivity index (χ4n) is 2.35. The first kappa shape index (κ1) is 21.7. The second-order valence-corrected chi connectivity index (χ2v) is 7.58. The third-order valence-electron chi connectivity index (χ3n) is 3.87. The average molecular weight is 447 g/mol. The zero-order valence-electron chi connectivity index (χ0n) is 16.1. The van der Waals surface area contributed by atoms with E-state index in [2.05, 4.69) is 20.8 Å². The summed E-state index contributed by atoms with van der Waals surface area (Å²) in [5.74, 6) is 0.0668. The van der Waals surface area contributed by atoms with Gasteiger partial charge in [0, 0.05) is 17.3 Å². The maximum Gasteiger partial charge on any atom is 0.286 e. The third kappa shape index (κ3) is 6.51. The van der Waals surface area contributed by atoms with Crippen molar-refractivity contribution >= 4 is 40.4 Å². The molecule has 30 heavy (non-hydrogen) atoms. The molecule has 3 aromatic rings. The van der Waals surface area contributed by atoms with Crippen LogP contribution in [-0.2, 0) is 22.7 Å². The summed E-state index contributed by atoms with van der Waals surface area (Å²) in [6.07, 6.45) is 0. The number of aromatic nitrogens is 2. The van der Waals surface area contributed by atoms with Gasteiger partial charge >= 0.3 is 0 Å². The SMILES string of the molecule is COc1ccc(NC(=O)c2nnc(COCC(=O)NCc3ccc(Cl)cc3)s2)cc1. The summed E-state index contributed by atoms with van der Waals surface area (Å²) in [7, 11) is 1.57. The molecule has 2 N–H and O–H groups in total. The summed E-state index contributed by atoms with van der Waals surface area (Å²) in [5, 5.41) is 14.6. The van der Waals surface area contributed by atoms with Crippen LogP contribution in [0.15, 0.2) is 48.5 Å². The van der Waals surface area contributed by atoms with Crippen molar-refractivity contribution in [1.29, 1.82) is 0 Å². The Labute approximate surface area is 182 Å². The Kier molecular flexibility index (Phi) is 7.72. The maximum absolute atomic E-state index is 12.3. The van der Waals surface area contributed by atoms with E-state index in [0.717, 1.165) is 16.9 Å². The van der Waals surface area contributed by atoms with Gasteiger partial charge < -0.3 is 20.1 Å². The van der Waals surface area contributed by atoms with Gasteiger partial charge in [-0.3, -0.25) is 9.59 Å². The van der Waals surface area contributed by atoms with E-state index in [1.165, 1.54) is 0 Å². The topological polar surface area (TPSA) is 102 Å². The van der Waals surface area contributed by atoms with Crippen LogP contribution in [0.1, 0.15) is 20.4 Å². The Bertz CT molecular complexity index is 993. The number of amides is 2. The second-order valence-electron chi connectivity index (χ2n) is 6.08. The van der Waals surface area contributed by atoms with Crippen molar-refractivity contribution in [3.05, 3.63) is 69.1 Å². The summed E-state index contributed by atoms with van der Waals surface area (Å²) in [6.45, 7) is 0.343. The third-order valence-corrected chi connectivity index (χ3v) is 5.02. The number of halogens is 1. The number of hydrogen-bond acceptors (Lipinski definition) is 7. The molecule has 156 valence electrons. The summed E-state index contributed by atoms with van der Waals surface area (Å²) in [4.78, 5) is 24.1. The minimum absolute atomic E-state index is 0.0852. The van der Waals surface area contributed by atoms with Gasteiger partial charge in [-0.15, -0.1) is 10.2 Å². The normalized spacial score (nSPS) is 10.5. The van der Waals surface area contributed by atoms with Gasteiger partial charge in [0.2, 0.25) is 10.9 Å². The van der Waals surface area contributed by atoms with Crippen molar-refractivity contribution in [2.45, 2.75) is 13.2 Å². The first-order valence-electron chi connectivity index (χ1n) is 8.90. The summed E-state index contributed by atoms with van der Waals surface area (Å²) in [6, 6.07) is 14.1. The molecule has 2 amide bonds. The van der Waals surface area contributed by atoms with Gasteiger partial charge in [0.15, 0.2) is 0 Å². The lowest BCUT2D eigenvalue weighted by atomic mass is 10.2. The van der Waals surface area contributed by atoms with Crippen molar-refractivity contribution in [1.82, 2.24) is 15.5 Å². The second kappa shape index (κ2) is 10.7. The highest BCUT2D eigenvalue weighted by Gasteiger charge is 2.14. The highest BCUT2D eigenvalue weighted by Crippen LogP contribution is 2.17. The number of methoxy groups -OCH3 is 1. The molecule has 0 atom stereocenters. The lowest BCUT2D eigenvalue weighted by Crippen LogP contribution is -2.27. The Morgan fingerprint density at radius 1 is 1.07 bits per heavy atom. The number of ether oxygens (including phenoxy) is 2. The van der Waals surface area contributed by atoms with Crippen molar-refractivity contribution in [2.24, 2.45) is 0 Å². The number of rotatable bonds is 9. The molecule has 0 aliphatic heterocycles. The first-order chi connectivity index (χ1) is 14.5. The molecule has 3 rings (SSSR count). The highest BCUT2D eigenvalue weighted by atomic mass is 35.5. The average Bonchev–Trinajstić information content (AvgIpc) is 3.23. The van der Waals surface area contributed by atoms with E-state index in [9.17, 15) is 9.59 Å². The lowest BCUT2D eigenvalue weighted by Gasteiger charge is -2.05. The molecule has 1 heterocycles. The predicted octanol–water partition coefficient (Wildman–Crippen LogP) is 3.29. The van der Waals surface area contributed by atoms with Gasteiger partial charge in [0.1, 0.15) is 24.0 Å². The van der Waals surface area contributed by atoms with Gasteiger partial charge in [0.25, 0.3) is 5.91 Å². The van der Waals surface area contributed by atoms with E-state index in [-0.39, 0.29) is 30.0 Å². The molecule has 0 aliphatic rings. The summed E-state index contributed by atoms with van der Waals surface area (Å²) in [5.41, 5.74) is 1.55. The minimum Gasteiger partial charge on any atom is -0.497 e. The Hall–Kier alpha value is -3.01. The number of hydrogen-bond donors (Lipinski definition) is 2. The number of nitrogens with zero attached hydrogens (tertiary/aromatic N) is 2. The molecule has 8 nitrogen and oxygen atoms in total. The zero-order chi connectivity index (χ0) is 21.3. The Morgan fingerprint density at radius 3 is 2.50 bits per heavy atom. The molecular weight excluding hydrogens is 428 g/mol. The molecule has 0 saturated carbocycles. The standard InChI is InChI=1S/C20H19ClN4O4S/c1-28-16-8-6-15(7-9-16)23-19(27)20-25-24-18(30-20)12-29-11-17(26)22-10-13-2-4-14(21)5-3-13/h2-9H,10-12H2,1H3,(H,22,26)(H,23,27). The molecule has 0 bridgehead atoms. The van der Waals surface area contributed by atoms with Crippen molar-refractivity contribution in [3.63, 3.8) is 0 Å². The van der Waals surface area contributed by atoms with Crippen LogP contribution in [0.5, 0.6) is 5.75 Å². The minimum atomic E-state index is -0.371. The van der Waals surface area contributed by atoms with Crippen molar-refractivity contribution < 1.29 is 19.1 Å². The molecule has 0 radical (unpaired) electrons. The van der Waals surface area contributed by atoms with Gasteiger partial charge in [-0.1, -0.05) is 35.1 Å². The number of carbonyl (C=O) groups is 2. The van der Waals surface area contributed by atoms with Crippen LogP contribution in [0.25, 0.3) is 0 Å². The van der Waals surface area contributed by atoms with Gasteiger partial charge in [0.05, 0.1) is 7.11 Å². The van der Waals surface area contributed by atoms with Crippen LogP contribution >= 0.6 is 22.9 Å². The largest absolute Gasteiger partial charge is 0.497 e. The summed E-state index contributed by atoms with van der Waals surface area (Å²) < 4.78 is 10.4. The van der Waals surface area contributed by atoms with Gasteiger partial charge in [-0.2, -0.15) is 0 Å². The van der Waals surface area contributed by atoms with Crippen LogP contribution in [0.2, 0.25) is 5.02 Å². The number of nitrogens with one attached hydrogen (secondary N) is 2. The van der Waals surface area contributed by atoms with Crippen molar-refractivity contribution in [3.8, 4) is 5.75 Å². The summed E-state index contributed by atoms with van der Waals surface area (Å²) >= 11 is 6.93. The fourth-order valence-corrected chi connectivity index (χ4v) is 3.15. The molecule has 0 saturated heterocycles. The van der Waals surface area contributed by atoms with E-state index >= 15 is 0 Å². The monoisotopic (exact) mass is 446 g/mol. The molecular formula is C20H19ClN4O4S. The van der Waals surface area contributed by atoms with Crippen LogP contribution in [0.4, 0.5) is 5.69 Å².